The van der Waals surface area contributed by atoms with Gasteiger partial charge in [-0.2, -0.15) is 0 Å². The Labute approximate surface area is 149 Å². The Hall–Kier alpha value is -1.30. The molecule has 0 atom stereocenters. The number of ether oxygens (including phenoxy) is 2. The summed E-state index contributed by atoms with van der Waals surface area (Å²) in [6.07, 6.45) is 3.98. The average molecular weight is 355 g/mol. The molecule has 3 rings (SSSR count). The molecule has 2 aliphatic rings. The lowest BCUT2D eigenvalue weighted by atomic mass is 9.97. The van der Waals surface area contributed by atoms with Crippen molar-refractivity contribution in [3.8, 4) is 5.75 Å². The van der Waals surface area contributed by atoms with Crippen molar-refractivity contribution in [3.63, 3.8) is 0 Å². The number of carbonyl (C=O) groups excluding carboxylic acids is 1. The highest BCUT2D eigenvalue weighted by atomic mass is 35.5. The zero-order valence-corrected chi connectivity index (χ0v) is 14.8. The van der Waals surface area contributed by atoms with Gasteiger partial charge in [0.05, 0.1) is 6.61 Å². The summed E-state index contributed by atoms with van der Waals surface area (Å²) in [5.74, 6) is 1.70. The molecule has 24 heavy (non-hydrogen) atoms. The lowest BCUT2D eigenvalue weighted by Gasteiger charge is -2.22. The Morgan fingerprint density at radius 2 is 1.79 bits per heavy atom. The van der Waals surface area contributed by atoms with Crippen LogP contribution in [0.4, 0.5) is 5.69 Å². The molecule has 5 nitrogen and oxygen atoms in total. The van der Waals surface area contributed by atoms with Gasteiger partial charge in [0.1, 0.15) is 5.75 Å². The van der Waals surface area contributed by atoms with E-state index in [1.807, 2.05) is 24.3 Å². The van der Waals surface area contributed by atoms with Crippen molar-refractivity contribution in [2.45, 2.75) is 25.7 Å². The van der Waals surface area contributed by atoms with E-state index in [-0.39, 0.29) is 24.2 Å². The Kier molecular flexibility index (Phi) is 7.82. The van der Waals surface area contributed by atoms with E-state index < -0.39 is 0 Å². The van der Waals surface area contributed by atoms with Crippen LogP contribution in [-0.2, 0) is 9.53 Å². The number of nitrogens with one attached hydrogen (secondary N) is 2. The minimum absolute atomic E-state index is 0. The first-order valence-corrected chi connectivity index (χ1v) is 8.63. The number of halogens is 1. The number of carbonyl (C=O) groups is 1. The van der Waals surface area contributed by atoms with Crippen molar-refractivity contribution in [3.05, 3.63) is 24.3 Å². The minimum Gasteiger partial charge on any atom is -0.493 e. The van der Waals surface area contributed by atoms with Crippen LogP contribution >= 0.6 is 12.4 Å². The first-order valence-electron chi connectivity index (χ1n) is 8.63. The molecule has 0 radical (unpaired) electrons. The lowest BCUT2D eigenvalue weighted by Crippen LogP contribution is -2.34. The average Bonchev–Trinajstić information content (AvgIpc) is 2.63. The fourth-order valence-corrected chi connectivity index (χ4v) is 3.09. The van der Waals surface area contributed by atoms with Crippen molar-refractivity contribution in [1.29, 1.82) is 0 Å². The van der Waals surface area contributed by atoms with E-state index in [4.69, 9.17) is 9.47 Å². The van der Waals surface area contributed by atoms with E-state index >= 15 is 0 Å². The molecule has 2 N–H and O–H groups in total. The van der Waals surface area contributed by atoms with Crippen molar-refractivity contribution < 1.29 is 14.3 Å². The molecule has 0 bridgehead atoms. The molecule has 1 aromatic carbocycles. The van der Waals surface area contributed by atoms with Crippen LogP contribution in [0.3, 0.4) is 0 Å². The maximum atomic E-state index is 12.2. The Morgan fingerprint density at radius 3 is 2.46 bits per heavy atom. The van der Waals surface area contributed by atoms with E-state index in [1.165, 1.54) is 0 Å². The monoisotopic (exact) mass is 354 g/mol. The summed E-state index contributed by atoms with van der Waals surface area (Å²) in [4.78, 5) is 12.2. The number of piperidine rings is 1. The van der Waals surface area contributed by atoms with Crippen LogP contribution in [0.2, 0.25) is 0 Å². The molecule has 0 spiro atoms. The van der Waals surface area contributed by atoms with Crippen molar-refractivity contribution in [1.82, 2.24) is 5.32 Å². The summed E-state index contributed by atoms with van der Waals surface area (Å²) in [5.41, 5.74) is 0.840. The molecule has 0 unspecified atom stereocenters. The van der Waals surface area contributed by atoms with Gasteiger partial charge in [-0.3, -0.25) is 4.79 Å². The molecular formula is C18H27ClN2O3. The Morgan fingerprint density at radius 1 is 1.12 bits per heavy atom. The molecule has 2 aliphatic heterocycles. The van der Waals surface area contributed by atoms with Gasteiger partial charge in [0.25, 0.3) is 0 Å². The molecular weight excluding hydrogens is 328 g/mol. The second-order valence-corrected chi connectivity index (χ2v) is 6.40. The summed E-state index contributed by atoms with van der Waals surface area (Å²) >= 11 is 0. The van der Waals surface area contributed by atoms with E-state index in [0.29, 0.717) is 5.92 Å². The largest absolute Gasteiger partial charge is 0.493 e. The van der Waals surface area contributed by atoms with E-state index in [1.54, 1.807) is 0 Å². The first kappa shape index (κ1) is 19.0. The van der Waals surface area contributed by atoms with Gasteiger partial charge in [0.15, 0.2) is 0 Å². The van der Waals surface area contributed by atoms with Crippen molar-refractivity contribution in [2.24, 2.45) is 11.8 Å². The molecule has 0 aliphatic carbocycles. The van der Waals surface area contributed by atoms with Crippen LogP contribution in [0, 0.1) is 11.8 Å². The standard InChI is InChI=1S/C18H26N2O3.ClH/c21-18(15-5-9-19-10-6-15)20-16-1-3-17(4-2-16)23-13-14-7-11-22-12-8-14;/h1-4,14-15,19H,5-13H2,(H,20,21);1H. The van der Waals surface area contributed by atoms with Gasteiger partial charge in [-0.05, 0) is 69.0 Å². The topological polar surface area (TPSA) is 59.6 Å². The summed E-state index contributed by atoms with van der Waals surface area (Å²) in [6.45, 7) is 4.28. The fraction of sp³-hybridized carbons (Fsp3) is 0.611. The predicted molar refractivity (Wildman–Crippen MR) is 97.0 cm³/mol. The first-order chi connectivity index (χ1) is 11.3. The molecule has 1 aromatic rings. The van der Waals surface area contributed by atoms with Crippen LogP contribution in [0.1, 0.15) is 25.7 Å². The third-order valence-electron chi connectivity index (χ3n) is 4.66. The number of amides is 1. The maximum Gasteiger partial charge on any atom is 0.227 e. The smallest absolute Gasteiger partial charge is 0.227 e. The SMILES string of the molecule is Cl.O=C(Nc1ccc(OCC2CCOCC2)cc1)C1CCNCC1. The molecule has 2 saturated heterocycles. The third-order valence-corrected chi connectivity index (χ3v) is 4.66. The highest BCUT2D eigenvalue weighted by Crippen LogP contribution is 2.21. The number of hydrogen-bond donors (Lipinski definition) is 2. The summed E-state index contributed by atoms with van der Waals surface area (Å²) in [6, 6.07) is 7.69. The van der Waals surface area contributed by atoms with Gasteiger partial charge in [0, 0.05) is 24.8 Å². The van der Waals surface area contributed by atoms with Crippen LogP contribution in [-0.4, -0.2) is 38.8 Å². The van der Waals surface area contributed by atoms with E-state index in [9.17, 15) is 4.79 Å². The van der Waals surface area contributed by atoms with Crippen LogP contribution in [0.15, 0.2) is 24.3 Å². The molecule has 2 fully saturated rings. The zero-order chi connectivity index (χ0) is 15.9. The predicted octanol–water partition coefficient (Wildman–Crippen LogP) is 2.85. The van der Waals surface area contributed by atoms with Gasteiger partial charge < -0.3 is 20.1 Å². The second-order valence-electron chi connectivity index (χ2n) is 6.40. The summed E-state index contributed by atoms with van der Waals surface area (Å²) < 4.78 is 11.2. The molecule has 134 valence electrons. The maximum absolute atomic E-state index is 12.2. The van der Waals surface area contributed by atoms with Gasteiger partial charge >= 0.3 is 0 Å². The number of rotatable bonds is 5. The molecule has 1 amide bonds. The zero-order valence-electron chi connectivity index (χ0n) is 14.0. The highest BCUT2D eigenvalue weighted by Gasteiger charge is 2.20. The third kappa shape index (κ3) is 5.65. The van der Waals surface area contributed by atoms with Gasteiger partial charge in [-0.15, -0.1) is 12.4 Å². The van der Waals surface area contributed by atoms with Crippen molar-refractivity contribution >= 4 is 24.0 Å². The summed E-state index contributed by atoms with van der Waals surface area (Å²) in [7, 11) is 0. The fourth-order valence-electron chi connectivity index (χ4n) is 3.09. The molecule has 6 heteroatoms. The van der Waals surface area contributed by atoms with Gasteiger partial charge in [-0.1, -0.05) is 0 Å². The number of hydrogen-bond acceptors (Lipinski definition) is 4. The quantitative estimate of drug-likeness (QED) is 0.853. The van der Waals surface area contributed by atoms with Gasteiger partial charge in [-0.25, -0.2) is 0 Å². The van der Waals surface area contributed by atoms with Gasteiger partial charge in [0.2, 0.25) is 5.91 Å². The second kappa shape index (κ2) is 9.87. The van der Waals surface area contributed by atoms with Crippen LogP contribution < -0.4 is 15.4 Å². The highest BCUT2D eigenvalue weighted by molar-refractivity contribution is 5.92. The minimum atomic E-state index is 0. The van der Waals surface area contributed by atoms with E-state index in [2.05, 4.69) is 10.6 Å². The van der Waals surface area contributed by atoms with Crippen molar-refractivity contribution in [2.75, 3.05) is 38.2 Å². The number of anilines is 1. The van der Waals surface area contributed by atoms with Crippen LogP contribution in [0.5, 0.6) is 5.75 Å². The Bertz CT molecular complexity index is 497. The normalized spacial score (nSPS) is 19.3. The van der Waals surface area contributed by atoms with E-state index in [0.717, 1.165) is 70.0 Å². The number of benzene rings is 1. The molecule has 0 saturated carbocycles. The lowest BCUT2D eigenvalue weighted by molar-refractivity contribution is -0.120. The molecule has 0 aromatic heterocycles. The molecule has 2 heterocycles. The Balaban J connectivity index is 0.00000208. The summed E-state index contributed by atoms with van der Waals surface area (Å²) in [5, 5.41) is 6.28. The van der Waals surface area contributed by atoms with Crippen LogP contribution in [0.25, 0.3) is 0 Å².